The van der Waals surface area contributed by atoms with Gasteiger partial charge in [-0.3, -0.25) is 0 Å². The first-order valence-corrected chi connectivity index (χ1v) is 4.82. The van der Waals surface area contributed by atoms with Crippen molar-refractivity contribution in [3.63, 3.8) is 0 Å². The minimum atomic E-state index is -0.00621. The van der Waals surface area contributed by atoms with Gasteiger partial charge in [0.1, 0.15) is 0 Å². The third-order valence-electron chi connectivity index (χ3n) is 2.62. The molecule has 0 amide bonds. The van der Waals surface area contributed by atoms with E-state index >= 15 is 0 Å². The summed E-state index contributed by atoms with van der Waals surface area (Å²) in [7, 11) is 0. The van der Waals surface area contributed by atoms with Gasteiger partial charge in [0.2, 0.25) is 0 Å². The molecule has 0 aliphatic heterocycles. The summed E-state index contributed by atoms with van der Waals surface area (Å²) in [5, 5.41) is 8.89. The van der Waals surface area contributed by atoms with Gasteiger partial charge in [-0.05, 0) is 25.7 Å². The minimum absolute atomic E-state index is 0.00621. The van der Waals surface area contributed by atoms with Gasteiger partial charge in [0, 0.05) is 13.2 Å². The SMILES string of the molecule is CCCOCCC1(C#N)CCC1. The minimum Gasteiger partial charge on any atom is -0.381 e. The molecule has 2 heteroatoms. The fraction of sp³-hybridized carbons (Fsp3) is 0.900. The fourth-order valence-corrected chi connectivity index (χ4v) is 1.54. The summed E-state index contributed by atoms with van der Waals surface area (Å²) >= 11 is 0. The van der Waals surface area contributed by atoms with Crippen molar-refractivity contribution in [2.75, 3.05) is 13.2 Å². The lowest BCUT2D eigenvalue weighted by molar-refractivity contribution is 0.0825. The molecule has 1 aliphatic rings. The molecule has 0 heterocycles. The third kappa shape index (κ3) is 2.22. The summed E-state index contributed by atoms with van der Waals surface area (Å²) in [6, 6.07) is 2.41. The van der Waals surface area contributed by atoms with E-state index in [1.165, 1.54) is 6.42 Å². The average molecular weight is 167 g/mol. The molecule has 0 bridgehead atoms. The quantitative estimate of drug-likeness (QED) is 0.589. The van der Waals surface area contributed by atoms with E-state index in [2.05, 4.69) is 13.0 Å². The van der Waals surface area contributed by atoms with Crippen LogP contribution < -0.4 is 0 Å². The first kappa shape index (κ1) is 9.54. The zero-order valence-electron chi connectivity index (χ0n) is 7.81. The molecule has 0 spiro atoms. The molecule has 0 N–H and O–H groups in total. The van der Waals surface area contributed by atoms with E-state index in [1.807, 2.05) is 0 Å². The van der Waals surface area contributed by atoms with Crippen molar-refractivity contribution in [1.29, 1.82) is 5.26 Å². The predicted molar refractivity (Wildman–Crippen MR) is 47.6 cm³/mol. The van der Waals surface area contributed by atoms with Crippen molar-refractivity contribution in [3.8, 4) is 6.07 Å². The van der Waals surface area contributed by atoms with Gasteiger partial charge < -0.3 is 4.74 Å². The molecule has 0 aromatic rings. The summed E-state index contributed by atoms with van der Waals surface area (Å²) in [5.74, 6) is 0. The zero-order chi connectivity index (χ0) is 8.86. The lowest BCUT2D eigenvalue weighted by Crippen LogP contribution is -2.28. The molecule has 1 rings (SSSR count). The van der Waals surface area contributed by atoms with Crippen LogP contribution in [0.15, 0.2) is 0 Å². The van der Waals surface area contributed by atoms with Crippen molar-refractivity contribution >= 4 is 0 Å². The Hall–Kier alpha value is -0.550. The Morgan fingerprint density at radius 2 is 2.17 bits per heavy atom. The maximum Gasteiger partial charge on any atom is 0.0690 e. The van der Waals surface area contributed by atoms with Gasteiger partial charge in [-0.25, -0.2) is 0 Å². The van der Waals surface area contributed by atoms with Gasteiger partial charge in [0.05, 0.1) is 11.5 Å². The Labute approximate surface area is 74.5 Å². The van der Waals surface area contributed by atoms with Crippen LogP contribution in [0.2, 0.25) is 0 Å². The smallest absolute Gasteiger partial charge is 0.0690 e. The standard InChI is InChI=1S/C10H17NO/c1-2-7-12-8-6-10(9-11)4-3-5-10/h2-8H2,1H3. The van der Waals surface area contributed by atoms with Crippen LogP contribution in [-0.4, -0.2) is 13.2 Å². The predicted octanol–water partition coefficient (Wildman–Crippen LogP) is 2.50. The van der Waals surface area contributed by atoms with Crippen molar-refractivity contribution in [2.45, 2.75) is 39.0 Å². The van der Waals surface area contributed by atoms with E-state index in [4.69, 9.17) is 10.00 Å². The van der Waals surface area contributed by atoms with Crippen LogP contribution in [-0.2, 0) is 4.74 Å². The topological polar surface area (TPSA) is 33.0 Å². The molecule has 1 aliphatic carbocycles. The second kappa shape index (κ2) is 4.47. The first-order valence-electron chi connectivity index (χ1n) is 4.82. The van der Waals surface area contributed by atoms with Crippen molar-refractivity contribution in [1.82, 2.24) is 0 Å². The molecule has 12 heavy (non-hydrogen) atoms. The highest BCUT2D eigenvalue weighted by atomic mass is 16.5. The van der Waals surface area contributed by atoms with Crippen molar-refractivity contribution in [2.24, 2.45) is 5.41 Å². The van der Waals surface area contributed by atoms with Crippen LogP contribution >= 0.6 is 0 Å². The highest BCUT2D eigenvalue weighted by Gasteiger charge is 2.36. The lowest BCUT2D eigenvalue weighted by Gasteiger charge is -2.34. The molecule has 68 valence electrons. The van der Waals surface area contributed by atoms with Gasteiger partial charge in [0.15, 0.2) is 0 Å². The maximum atomic E-state index is 8.89. The largest absolute Gasteiger partial charge is 0.381 e. The molecular weight excluding hydrogens is 150 g/mol. The number of ether oxygens (including phenoxy) is 1. The Kier molecular flexibility index (Phi) is 3.55. The number of nitriles is 1. The molecule has 1 fully saturated rings. The van der Waals surface area contributed by atoms with E-state index < -0.39 is 0 Å². The zero-order valence-corrected chi connectivity index (χ0v) is 7.81. The van der Waals surface area contributed by atoms with Crippen molar-refractivity contribution < 1.29 is 4.74 Å². The normalized spacial score (nSPS) is 19.7. The van der Waals surface area contributed by atoms with E-state index in [1.54, 1.807) is 0 Å². The average Bonchev–Trinajstić information content (AvgIpc) is 2.02. The van der Waals surface area contributed by atoms with Crippen LogP contribution in [0, 0.1) is 16.7 Å². The summed E-state index contributed by atoms with van der Waals surface area (Å²) in [5.41, 5.74) is -0.00621. The van der Waals surface area contributed by atoms with Crippen LogP contribution in [0.1, 0.15) is 39.0 Å². The van der Waals surface area contributed by atoms with E-state index in [0.29, 0.717) is 0 Å². The Morgan fingerprint density at radius 3 is 2.58 bits per heavy atom. The summed E-state index contributed by atoms with van der Waals surface area (Å²) in [6.07, 6.45) is 5.39. The van der Waals surface area contributed by atoms with Crippen LogP contribution in [0.4, 0.5) is 0 Å². The monoisotopic (exact) mass is 167 g/mol. The second-order valence-corrected chi connectivity index (χ2v) is 3.61. The molecular formula is C10H17NO. The lowest BCUT2D eigenvalue weighted by atomic mass is 9.68. The molecule has 0 radical (unpaired) electrons. The summed E-state index contributed by atoms with van der Waals surface area (Å²) < 4.78 is 5.36. The Bertz CT molecular complexity index is 167. The van der Waals surface area contributed by atoms with Crippen LogP contribution in [0.3, 0.4) is 0 Å². The van der Waals surface area contributed by atoms with E-state index in [9.17, 15) is 0 Å². The number of hydrogen-bond donors (Lipinski definition) is 0. The third-order valence-corrected chi connectivity index (χ3v) is 2.62. The molecule has 2 nitrogen and oxygen atoms in total. The van der Waals surface area contributed by atoms with E-state index in [-0.39, 0.29) is 5.41 Å². The van der Waals surface area contributed by atoms with Crippen LogP contribution in [0.5, 0.6) is 0 Å². The molecule has 1 saturated carbocycles. The highest BCUT2D eigenvalue weighted by Crippen LogP contribution is 2.43. The van der Waals surface area contributed by atoms with Gasteiger partial charge in [0.25, 0.3) is 0 Å². The van der Waals surface area contributed by atoms with Gasteiger partial charge in [-0.1, -0.05) is 13.3 Å². The number of rotatable bonds is 5. The maximum absolute atomic E-state index is 8.89. The number of hydrogen-bond acceptors (Lipinski definition) is 2. The van der Waals surface area contributed by atoms with Gasteiger partial charge in [-0.2, -0.15) is 5.26 Å². The highest BCUT2D eigenvalue weighted by molar-refractivity contribution is 5.04. The Morgan fingerprint density at radius 1 is 1.42 bits per heavy atom. The van der Waals surface area contributed by atoms with E-state index in [0.717, 1.165) is 38.9 Å². The summed E-state index contributed by atoms with van der Waals surface area (Å²) in [4.78, 5) is 0. The Balaban J connectivity index is 2.09. The molecule has 0 atom stereocenters. The molecule has 0 aromatic carbocycles. The second-order valence-electron chi connectivity index (χ2n) is 3.61. The summed E-state index contributed by atoms with van der Waals surface area (Å²) in [6.45, 7) is 3.70. The van der Waals surface area contributed by atoms with Crippen molar-refractivity contribution in [3.05, 3.63) is 0 Å². The fourth-order valence-electron chi connectivity index (χ4n) is 1.54. The molecule has 0 unspecified atom stereocenters. The molecule has 0 saturated heterocycles. The van der Waals surface area contributed by atoms with Gasteiger partial charge >= 0.3 is 0 Å². The van der Waals surface area contributed by atoms with Crippen LogP contribution in [0.25, 0.3) is 0 Å². The van der Waals surface area contributed by atoms with Gasteiger partial charge in [-0.15, -0.1) is 0 Å². The number of nitrogens with zero attached hydrogens (tertiary/aromatic N) is 1. The first-order chi connectivity index (χ1) is 5.83. The molecule has 0 aromatic heterocycles.